The van der Waals surface area contributed by atoms with E-state index >= 15 is 0 Å². The lowest BCUT2D eigenvalue weighted by atomic mass is 10.1. The van der Waals surface area contributed by atoms with Gasteiger partial charge in [0.1, 0.15) is 12.4 Å². The van der Waals surface area contributed by atoms with E-state index < -0.39 is 41.7 Å². The largest absolute Gasteiger partial charge is 0.469 e. The van der Waals surface area contributed by atoms with Crippen molar-refractivity contribution in [2.24, 2.45) is 5.73 Å². The molecule has 0 aliphatic rings. The molecule has 0 saturated heterocycles. The number of anilines is 1. The van der Waals surface area contributed by atoms with Crippen LogP contribution < -0.4 is 31.2 Å². The number of benzene rings is 1. The second kappa shape index (κ2) is 11.5. The van der Waals surface area contributed by atoms with Crippen molar-refractivity contribution in [3.05, 3.63) is 34.6 Å². The normalized spacial score (nSPS) is 10.8. The van der Waals surface area contributed by atoms with Crippen LogP contribution in [-0.4, -0.2) is 35.6 Å². The van der Waals surface area contributed by atoms with Crippen molar-refractivity contribution in [1.29, 1.82) is 0 Å². The van der Waals surface area contributed by atoms with Crippen molar-refractivity contribution in [2.75, 3.05) is 18.4 Å². The number of rotatable bonds is 10. The number of carbonyl (C=O) groups excluding carboxylic acids is 2. The number of primary amides is 1. The van der Waals surface area contributed by atoms with Gasteiger partial charge in [-0.25, -0.2) is 22.8 Å². The third-order valence-corrected chi connectivity index (χ3v) is 4.76. The number of aromatic nitrogens is 1. The first kappa shape index (κ1) is 25.2. The average molecular weight is 475 g/mol. The first-order valence-electron chi connectivity index (χ1n) is 9.61. The van der Waals surface area contributed by atoms with Gasteiger partial charge in [-0.3, -0.25) is 5.32 Å². The van der Waals surface area contributed by atoms with E-state index in [4.69, 9.17) is 15.2 Å². The number of nitrogens with two attached hydrogens (primary N) is 1. The van der Waals surface area contributed by atoms with Crippen LogP contribution >= 0.6 is 11.5 Å². The topological polar surface area (TPSA) is 128 Å². The summed E-state index contributed by atoms with van der Waals surface area (Å²) >= 11 is 0.690. The molecule has 3 amide bonds. The van der Waals surface area contributed by atoms with Gasteiger partial charge in [0, 0.05) is 12.6 Å². The van der Waals surface area contributed by atoms with Crippen molar-refractivity contribution >= 4 is 28.7 Å². The Morgan fingerprint density at radius 1 is 1.22 bits per heavy atom. The highest BCUT2D eigenvalue weighted by Gasteiger charge is 2.23. The molecule has 2 aromatic rings. The molecule has 1 heterocycles. The van der Waals surface area contributed by atoms with Crippen molar-refractivity contribution < 1.29 is 32.2 Å². The van der Waals surface area contributed by atoms with Crippen LogP contribution in [0.3, 0.4) is 0 Å². The first-order chi connectivity index (χ1) is 15.1. The van der Waals surface area contributed by atoms with Gasteiger partial charge in [-0.1, -0.05) is 13.8 Å². The molecule has 0 radical (unpaired) electrons. The Hall–Kier alpha value is -3.06. The van der Waals surface area contributed by atoms with Gasteiger partial charge in [0.15, 0.2) is 16.6 Å². The fraction of sp³-hybridized carbons (Fsp3) is 0.421. The molecule has 1 aromatic carbocycles. The Morgan fingerprint density at radius 3 is 2.59 bits per heavy atom. The van der Waals surface area contributed by atoms with Gasteiger partial charge in [0.25, 0.3) is 5.88 Å². The van der Waals surface area contributed by atoms with Gasteiger partial charge in [-0.15, -0.1) is 4.37 Å². The zero-order chi connectivity index (χ0) is 23.8. The van der Waals surface area contributed by atoms with E-state index in [9.17, 15) is 22.8 Å². The summed E-state index contributed by atoms with van der Waals surface area (Å²) in [6, 6.07) is 0.551. The summed E-state index contributed by atoms with van der Waals surface area (Å²) in [5.74, 6) is -4.32. The molecule has 0 aliphatic heterocycles. The molecular formula is C19H24F3N5O4S. The molecule has 2 rings (SSSR count). The van der Waals surface area contributed by atoms with Crippen molar-refractivity contribution in [3.63, 3.8) is 0 Å². The summed E-state index contributed by atoms with van der Waals surface area (Å²) in [5, 5.41) is 8.23. The number of nitrogens with zero attached hydrogens (tertiary/aromatic N) is 1. The van der Waals surface area contributed by atoms with Gasteiger partial charge < -0.3 is 25.8 Å². The van der Waals surface area contributed by atoms with E-state index in [1.807, 2.05) is 13.8 Å². The van der Waals surface area contributed by atoms with E-state index in [2.05, 4.69) is 20.3 Å². The van der Waals surface area contributed by atoms with E-state index in [0.29, 0.717) is 37.1 Å². The van der Waals surface area contributed by atoms with Crippen molar-refractivity contribution in [3.8, 4) is 11.6 Å². The van der Waals surface area contributed by atoms with Crippen LogP contribution in [-0.2, 0) is 6.61 Å². The van der Waals surface area contributed by atoms with Crippen molar-refractivity contribution in [2.45, 2.75) is 39.8 Å². The molecular weight excluding hydrogens is 451 g/mol. The fourth-order valence-electron chi connectivity index (χ4n) is 2.48. The fourth-order valence-corrected chi connectivity index (χ4v) is 3.14. The van der Waals surface area contributed by atoms with Crippen LogP contribution in [0.1, 0.15) is 31.4 Å². The highest BCUT2D eigenvalue weighted by atomic mass is 32.1. The monoisotopic (exact) mass is 475 g/mol. The molecule has 5 N–H and O–H groups in total. The smallest absolute Gasteiger partial charge is 0.410 e. The number of aryl methyl sites for hydroxylation is 1. The van der Waals surface area contributed by atoms with Crippen LogP contribution in [0.5, 0.6) is 11.6 Å². The zero-order valence-corrected chi connectivity index (χ0v) is 18.5. The van der Waals surface area contributed by atoms with Gasteiger partial charge in [-0.2, -0.15) is 0 Å². The number of hydrogen-bond acceptors (Lipinski definition) is 7. The zero-order valence-electron chi connectivity index (χ0n) is 17.7. The molecule has 0 aliphatic carbocycles. The molecule has 13 heteroatoms. The number of ether oxygens (including phenoxy) is 2. The average Bonchev–Trinajstić information content (AvgIpc) is 3.06. The molecule has 0 saturated carbocycles. The number of urea groups is 1. The standard InChI is InChI=1S/C19H24F3N5O4S/c1-9(2)24-5-4-6-25-19(29)26-17-15(31-18(23)28)16(27-32-17)30-8-11-12(20)7-10(3)13(21)14(11)22/h7,9,24H,4-6,8H2,1-3H3,(H2,23,28)(H2,25,26,29). The molecule has 9 nitrogen and oxygen atoms in total. The van der Waals surface area contributed by atoms with E-state index in [0.717, 1.165) is 6.07 Å². The summed E-state index contributed by atoms with van der Waals surface area (Å²) in [7, 11) is 0. The third-order valence-electron chi connectivity index (χ3n) is 4.03. The SMILES string of the molecule is Cc1cc(F)c(COc2nsc(NC(=O)NCCCNC(C)C)c2OC(N)=O)c(F)c1F. The summed E-state index contributed by atoms with van der Waals surface area (Å²) in [4.78, 5) is 23.3. The molecule has 0 fully saturated rings. The van der Waals surface area contributed by atoms with Crippen LogP contribution in [0.15, 0.2) is 6.07 Å². The minimum atomic E-state index is -1.40. The highest BCUT2D eigenvalue weighted by Crippen LogP contribution is 2.39. The maximum atomic E-state index is 14.0. The Balaban J connectivity index is 2.06. The van der Waals surface area contributed by atoms with E-state index in [-0.39, 0.29) is 22.2 Å². The Bertz CT molecular complexity index is 971. The van der Waals surface area contributed by atoms with Crippen LogP contribution in [0.25, 0.3) is 0 Å². The maximum absolute atomic E-state index is 14.0. The number of carbonyl (C=O) groups is 2. The van der Waals surface area contributed by atoms with Gasteiger partial charge in [0.05, 0.1) is 5.56 Å². The van der Waals surface area contributed by atoms with Crippen LogP contribution in [0.2, 0.25) is 0 Å². The van der Waals surface area contributed by atoms with E-state index in [1.165, 1.54) is 6.92 Å². The summed E-state index contributed by atoms with van der Waals surface area (Å²) < 4.78 is 55.7. The third kappa shape index (κ3) is 6.99. The molecule has 0 bridgehead atoms. The Morgan fingerprint density at radius 2 is 1.94 bits per heavy atom. The minimum absolute atomic E-state index is 0.0207. The number of halogens is 3. The number of amides is 3. The second-order valence-electron chi connectivity index (χ2n) is 6.98. The number of nitrogens with one attached hydrogen (secondary N) is 3. The van der Waals surface area contributed by atoms with Gasteiger partial charge >= 0.3 is 12.1 Å². The quantitative estimate of drug-likeness (QED) is 0.308. The first-order valence-corrected chi connectivity index (χ1v) is 10.4. The van der Waals surface area contributed by atoms with Crippen LogP contribution in [0.4, 0.5) is 27.8 Å². The summed E-state index contributed by atoms with van der Waals surface area (Å²) in [6.45, 7) is 5.55. The number of hydrogen-bond donors (Lipinski definition) is 4. The van der Waals surface area contributed by atoms with Gasteiger partial charge in [0.2, 0.25) is 5.75 Å². The molecule has 0 atom stereocenters. The minimum Gasteiger partial charge on any atom is -0.469 e. The lowest BCUT2D eigenvalue weighted by Crippen LogP contribution is -2.32. The highest BCUT2D eigenvalue weighted by molar-refractivity contribution is 7.11. The maximum Gasteiger partial charge on any atom is 0.410 e. The molecule has 1 aromatic heterocycles. The summed E-state index contributed by atoms with van der Waals surface area (Å²) in [5.41, 5.74) is 4.16. The van der Waals surface area contributed by atoms with E-state index in [1.54, 1.807) is 0 Å². The molecule has 176 valence electrons. The lowest BCUT2D eigenvalue weighted by molar-refractivity contribution is 0.205. The Labute approximate surface area is 186 Å². The predicted molar refractivity (Wildman–Crippen MR) is 112 cm³/mol. The summed E-state index contributed by atoms with van der Waals surface area (Å²) in [6.07, 6.45) is -0.547. The predicted octanol–water partition coefficient (Wildman–Crippen LogP) is 3.41. The van der Waals surface area contributed by atoms with Crippen molar-refractivity contribution in [1.82, 2.24) is 15.0 Å². The van der Waals surface area contributed by atoms with Crippen LogP contribution in [0, 0.1) is 24.4 Å². The Kier molecular flexibility index (Phi) is 9.08. The molecule has 0 spiro atoms. The molecule has 0 unspecified atom stereocenters. The van der Waals surface area contributed by atoms with Gasteiger partial charge in [-0.05, 0) is 43.1 Å². The molecule has 32 heavy (non-hydrogen) atoms. The second-order valence-corrected chi connectivity index (χ2v) is 7.75. The lowest BCUT2D eigenvalue weighted by Gasteiger charge is -2.11.